The summed E-state index contributed by atoms with van der Waals surface area (Å²) >= 11 is 0. The molecule has 2 heterocycles. The largest absolute Gasteiger partial charge is 0.480 e. The lowest BCUT2D eigenvalue weighted by molar-refractivity contribution is -0.151. The predicted molar refractivity (Wildman–Crippen MR) is 67.4 cm³/mol. The molecule has 0 radical (unpaired) electrons. The highest BCUT2D eigenvalue weighted by molar-refractivity contribution is 5.92. The maximum absolute atomic E-state index is 12.4. The first-order chi connectivity index (χ1) is 9.09. The summed E-state index contributed by atoms with van der Waals surface area (Å²) < 4.78 is 0. The highest BCUT2D eigenvalue weighted by Gasteiger charge is 2.36. The van der Waals surface area contributed by atoms with Gasteiger partial charge in [-0.1, -0.05) is 19.3 Å². The van der Waals surface area contributed by atoms with Gasteiger partial charge in [0.05, 0.1) is 0 Å². The van der Waals surface area contributed by atoms with Gasteiger partial charge in [-0.25, -0.2) is 4.79 Å². The van der Waals surface area contributed by atoms with Crippen LogP contribution in [-0.2, 0) is 14.4 Å². The third kappa shape index (κ3) is 3.24. The van der Waals surface area contributed by atoms with Crippen LogP contribution in [0.4, 0.5) is 0 Å². The molecule has 2 saturated heterocycles. The summed E-state index contributed by atoms with van der Waals surface area (Å²) in [6.07, 6.45) is 5.03. The number of carboxylic acid groups (broad SMARTS) is 1. The maximum Gasteiger partial charge on any atom is 0.326 e. The average molecular weight is 268 g/mol. The second-order valence-corrected chi connectivity index (χ2v) is 5.25. The van der Waals surface area contributed by atoms with Crippen molar-refractivity contribution in [2.24, 2.45) is 0 Å². The number of amides is 2. The molecule has 2 fully saturated rings. The van der Waals surface area contributed by atoms with Crippen LogP contribution in [0.15, 0.2) is 0 Å². The smallest absolute Gasteiger partial charge is 0.326 e. The molecule has 0 spiro atoms. The van der Waals surface area contributed by atoms with Gasteiger partial charge in [-0.3, -0.25) is 9.59 Å². The van der Waals surface area contributed by atoms with Gasteiger partial charge < -0.3 is 15.3 Å². The standard InChI is InChI=1S/C13H20N2O4/c16-11-7-6-9(14-11)12(17)15-8-4-2-1-3-5-10(15)13(18)19/h9-10H,1-8H2,(H,14,16)(H,18,19). The number of rotatable bonds is 2. The Bertz CT molecular complexity index is 383. The van der Waals surface area contributed by atoms with E-state index in [9.17, 15) is 19.5 Å². The lowest BCUT2D eigenvalue weighted by Crippen LogP contribution is -2.52. The van der Waals surface area contributed by atoms with E-state index in [1.54, 1.807) is 0 Å². The molecule has 0 bridgehead atoms. The molecular formula is C13H20N2O4. The molecule has 0 aromatic carbocycles. The first-order valence-electron chi connectivity index (χ1n) is 6.92. The zero-order valence-corrected chi connectivity index (χ0v) is 10.9. The molecule has 2 amide bonds. The van der Waals surface area contributed by atoms with Crippen molar-refractivity contribution < 1.29 is 19.5 Å². The first-order valence-corrected chi connectivity index (χ1v) is 6.92. The van der Waals surface area contributed by atoms with E-state index in [1.165, 1.54) is 4.90 Å². The number of carbonyl (C=O) groups is 3. The van der Waals surface area contributed by atoms with E-state index in [0.29, 0.717) is 25.8 Å². The van der Waals surface area contributed by atoms with Crippen LogP contribution in [-0.4, -0.2) is 46.4 Å². The minimum atomic E-state index is -0.945. The van der Waals surface area contributed by atoms with Crippen LogP contribution in [0.5, 0.6) is 0 Å². The second kappa shape index (κ2) is 6.04. The number of carbonyl (C=O) groups excluding carboxylic acids is 2. The zero-order chi connectivity index (χ0) is 13.8. The summed E-state index contributed by atoms with van der Waals surface area (Å²) in [6, 6.07) is -1.28. The number of aliphatic carboxylic acids is 1. The lowest BCUT2D eigenvalue weighted by Gasteiger charge is -2.32. The van der Waals surface area contributed by atoms with E-state index < -0.39 is 18.1 Å². The molecular weight excluding hydrogens is 248 g/mol. The highest BCUT2D eigenvalue weighted by Crippen LogP contribution is 2.20. The van der Waals surface area contributed by atoms with Gasteiger partial charge in [-0.2, -0.15) is 0 Å². The molecule has 2 N–H and O–H groups in total. The van der Waals surface area contributed by atoms with E-state index in [0.717, 1.165) is 25.7 Å². The van der Waals surface area contributed by atoms with Crippen LogP contribution in [0, 0.1) is 0 Å². The third-order valence-corrected chi connectivity index (χ3v) is 3.86. The van der Waals surface area contributed by atoms with E-state index in [1.807, 2.05) is 0 Å². The number of nitrogens with one attached hydrogen (secondary N) is 1. The fourth-order valence-corrected chi connectivity index (χ4v) is 2.81. The quantitative estimate of drug-likeness (QED) is 0.764. The number of carboxylic acids is 1. The molecule has 0 aromatic heterocycles. The average Bonchev–Trinajstić information content (AvgIpc) is 2.74. The summed E-state index contributed by atoms with van der Waals surface area (Å²) in [5.74, 6) is -1.31. The molecule has 6 heteroatoms. The molecule has 2 rings (SSSR count). The van der Waals surface area contributed by atoms with Crippen molar-refractivity contribution in [1.29, 1.82) is 0 Å². The SMILES string of the molecule is O=C1CCC(C(=O)N2CCCCCCC2C(=O)O)N1. The van der Waals surface area contributed by atoms with E-state index in [2.05, 4.69) is 5.32 Å². The summed E-state index contributed by atoms with van der Waals surface area (Å²) in [4.78, 5) is 36.3. The minimum absolute atomic E-state index is 0.128. The molecule has 2 aliphatic rings. The van der Waals surface area contributed by atoms with Crippen LogP contribution in [0.1, 0.15) is 44.9 Å². The Morgan fingerprint density at radius 3 is 2.53 bits per heavy atom. The summed E-state index contributed by atoms with van der Waals surface area (Å²) in [6.45, 7) is 0.474. The molecule has 106 valence electrons. The number of likely N-dealkylation sites (tertiary alicyclic amines) is 1. The lowest BCUT2D eigenvalue weighted by atomic mass is 10.0. The van der Waals surface area contributed by atoms with Crippen molar-refractivity contribution in [2.45, 2.75) is 57.0 Å². The van der Waals surface area contributed by atoms with Crippen LogP contribution in [0.25, 0.3) is 0 Å². The first kappa shape index (κ1) is 13.8. The fraction of sp³-hybridized carbons (Fsp3) is 0.769. The zero-order valence-electron chi connectivity index (χ0n) is 10.9. The Balaban J connectivity index is 2.09. The third-order valence-electron chi connectivity index (χ3n) is 3.86. The Morgan fingerprint density at radius 1 is 1.16 bits per heavy atom. The van der Waals surface area contributed by atoms with Crippen LogP contribution < -0.4 is 5.32 Å². The second-order valence-electron chi connectivity index (χ2n) is 5.25. The van der Waals surface area contributed by atoms with Crippen molar-refractivity contribution in [3.63, 3.8) is 0 Å². The Kier molecular flexibility index (Phi) is 4.39. The normalized spacial score (nSPS) is 28.4. The Morgan fingerprint density at radius 2 is 1.89 bits per heavy atom. The van der Waals surface area contributed by atoms with Gasteiger partial charge in [0, 0.05) is 13.0 Å². The van der Waals surface area contributed by atoms with Gasteiger partial charge in [0.1, 0.15) is 12.1 Å². The predicted octanol–water partition coefficient (Wildman–Crippen LogP) is 0.511. The van der Waals surface area contributed by atoms with Crippen LogP contribution in [0.2, 0.25) is 0 Å². The van der Waals surface area contributed by atoms with Crippen molar-refractivity contribution in [3.05, 3.63) is 0 Å². The summed E-state index contributed by atoms with van der Waals surface area (Å²) in [5.41, 5.74) is 0. The van der Waals surface area contributed by atoms with Gasteiger partial charge in [0.15, 0.2) is 0 Å². The van der Waals surface area contributed by atoms with Gasteiger partial charge in [0.25, 0.3) is 0 Å². The van der Waals surface area contributed by atoms with Gasteiger partial charge >= 0.3 is 5.97 Å². The van der Waals surface area contributed by atoms with E-state index >= 15 is 0 Å². The molecule has 2 atom stereocenters. The van der Waals surface area contributed by atoms with Gasteiger partial charge in [-0.05, 0) is 19.3 Å². The Labute approximate surface area is 112 Å². The van der Waals surface area contributed by atoms with Crippen LogP contribution >= 0.6 is 0 Å². The molecule has 0 aliphatic carbocycles. The van der Waals surface area contributed by atoms with Gasteiger partial charge in [-0.15, -0.1) is 0 Å². The summed E-state index contributed by atoms with van der Waals surface area (Å²) in [5, 5.41) is 11.9. The molecule has 19 heavy (non-hydrogen) atoms. The fourth-order valence-electron chi connectivity index (χ4n) is 2.81. The van der Waals surface area contributed by atoms with Crippen molar-refractivity contribution in [1.82, 2.24) is 10.2 Å². The van der Waals surface area contributed by atoms with Crippen molar-refractivity contribution >= 4 is 17.8 Å². The monoisotopic (exact) mass is 268 g/mol. The van der Waals surface area contributed by atoms with Crippen LogP contribution in [0.3, 0.4) is 0 Å². The van der Waals surface area contributed by atoms with Crippen molar-refractivity contribution in [3.8, 4) is 0 Å². The van der Waals surface area contributed by atoms with Crippen molar-refractivity contribution in [2.75, 3.05) is 6.54 Å². The molecule has 0 saturated carbocycles. The number of hydrogen-bond acceptors (Lipinski definition) is 3. The maximum atomic E-state index is 12.4. The molecule has 2 unspecified atom stereocenters. The topological polar surface area (TPSA) is 86.7 Å². The van der Waals surface area contributed by atoms with E-state index in [4.69, 9.17) is 0 Å². The van der Waals surface area contributed by atoms with Gasteiger partial charge in [0.2, 0.25) is 11.8 Å². The minimum Gasteiger partial charge on any atom is -0.480 e. The molecule has 2 aliphatic heterocycles. The van der Waals surface area contributed by atoms with E-state index in [-0.39, 0.29) is 11.8 Å². The highest BCUT2D eigenvalue weighted by atomic mass is 16.4. The Hall–Kier alpha value is -1.59. The summed E-state index contributed by atoms with van der Waals surface area (Å²) in [7, 11) is 0. The number of nitrogens with zero attached hydrogens (tertiary/aromatic N) is 1. The number of hydrogen-bond donors (Lipinski definition) is 2. The molecule has 6 nitrogen and oxygen atoms in total. The molecule has 0 aromatic rings.